The van der Waals surface area contributed by atoms with Crippen molar-refractivity contribution in [3.63, 3.8) is 0 Å². The highest BCUT2D eigenvalue weighted by atomic mass is 32.2. The molecule has 0 aliphatic carbocycles. The van der Waals surface area contributed by atoms with Gasteiger partial charge < -0.3 is 5.32 Å². The zero-order chi connectivity index (χ0) is 21.9. The SMILES string of the molecule is CC(C)(C)NC(=O)CONC1=CCN(S(=O)(=O)c2cccc(C(F)(F)F)c2)CC1. The first kappa shape index (κ1) is 23.2. The fourth-order valence-electron chi connectivity index (χ4n) is 2.59. The van der Waals surface area contributed by atoms with Gasteiger partial charge in [-0.05, 0) is 45.0 Å². The summed E-state index contributed by atoms with van der Waals surface area (Å²) in [6, 6.07) is 3.66. The van der Waals surface area contributed by atoms with E-state index in [1.165, 1.54) is 0 Å². The van der Waals surface area contributed by atoms with Crippen molar-refractivity contribution in [3.8, 4) is 0 Å². The van der Waals surface area contributed by atoms with Gasteiger partial charge in [0.15, 0.2) is 6.61 Å². The maximum absolute atomic E-state index is 12.8. The normalized spacial score (nSPS) is 16.3. The molecule has 0 bridgehead atoms. The number of nitrogens with zero attached hydrogens (tertiary/aromatic N) is 1. The van der Waals surface area contributed by atoms with Gasteiger partial charge in [0.05, 0.1) is 10.5 Å². The summed E-state index contributed by atoms with van der Waals surface area (Å²) in [5.74, 6) is -0.310. The summed E-state index contributed by atoms with van der Waals surface area (Å²) in [4.78, 5) is 16.4. The minimum atomic E-state index is -4.62. The Hall–Kier alpha value is -2.11. The predicted molar refractivity (Wildman–Crippen MR) is 99.9 cm³/mol. The molecule has 1 aromatic rings. The van der Waals surface area contributed by atoms with Crippen molar-refractivity contribution in [2.75, 3.05) is 19.7 Å². The van der Waals surface area contributed by atoms with Gasteiger partial charge in [0.25, 0.3) is 0 Å². The minimum absolute atomic E-state index is 0.0293. The van der Waals surface area contributed by atoms with Crippen molar-refractivity contribution in [1.29, 1.82) is 0 Å². The predicted octanol–water partition coefficient (Wildman–Crippen LogP) is 2.42. The summed E-state index contributed by atoms with van der Waals surface area (Å²) in [5, 5.41) is 2.73. The molecule has 0 fully saturated rings. The van der Waals surface area contributed by atoms with E-state index >= 15 is 0 Å². The molecular weight excluding hydrogens is 411 g/mol. The molecule has 0 unspecified atom stereocenters. The number of carbonyl (C=O) groups is 1. The number of sulfonamides is 1. The summed E-state index contributed by atoms with van der Waals surface area (Å²) in [7, 11) is -4.07. The van der Waals surface area contributed by atoms with E-state index in [4.69, 9.17) is 4.84 Å². The van der Waals surface area contributed by atoms with Gasteiger partial charge in [-0.25, -0.2) is 8.42 Å². The molecule has 162 valence electrons. The Balaban J connectivity index is 1.95. The number of benzene rings is 1. The van der Waals surface area contributed by atoms with Crippen molar-refractivity contribution in [1.82, 2.24) is 15.1 Å². The number of amides is 1. The summed E-state index contributed by atoms with van der Waals surface area (Å²) in [6.45, 7) is 5.32. The van der Waals surface area contributed by atoms with Crippen LogP contribution in [0.4, 0.5) is 13.2 Å². The fraction of sp³-hybridized carbons (Fsp3) is 0.500. The average Bonchev–Trinajstić information content (AvgIpc) is 2.60. The molecule has 1 amide bonds. The lowest BCUT2D eigenvalue weighted by Gasteiger charge is -2.26. The molecule has 1 aromatic carbocycles. The lowest BCUT2D eigenvalue weighted by atomic mass is 10.1. The van der Waals surface area contributed by atoms with Crippen LogP contribution < -0.4 is 10.8 Å². The molecule has 2 N–H and O–H groups in total. The van der Waals surface area contributed by atoms with Crippen LogP contribution >= 0.6 is 0 Å². The third-order valence-electron chi connectivity index (χ3n) is 3.89. The Morgan fingerprint density at radius 3 is 2.48 bits per heavy atom. The molecule has 0 saturated heterocycles. The number of hydrogen-bond acceptors (Lipinski definition) is 5. The van der Waals surface area contributed by atoms with Crippen molar-refractivity contribution in [2.45, 2.75) is 43.8 Å². The van der Waals surface area contributed by atoms with Crippen LogP contribution in [0, 0.1) is 0 Å². The van der Waals surface area contributed by atoms with Crippen LogP contribution in [-0.2, 0) is 25.8 Å². The fourth-order valence-corrected chi connectivity index (χ4v) is 4.02. The number of rotatable bonds is 6. The molecular formula is C18H24F3N3O4S. The van der Waals surface area contributed by atoms with Gasteiger partial charge in [-0.3, -0.25) is 15.1 Å². The van der Waals surface area contributed by atoms with Crippen molar-refractivity contribution < 1.29 is 31.2 Å². The van der Waals surface area contributed by atoms with Gasteiger partial charge in [-0.1, -0.05) is 6.07 Å². The molecule has 0 saturated carbocycles. The topological polar surface area (TPSA) is 87.7 Å². The van der Waals surface area contributed by atoms with Gasteiger partial charge in [0.1, 0.15) is 0 Å². The first-order chi connectivity index (χ1) is 13.3. The van der Waals surface area contributed by atoms with Crippen molar-refractivity contribution >= 4 is 15.9 Å². The Labute approximate surface area is 167 Å². The highest BCUT2D eigenvalue weighted by Gasteiger charge is 2.33. The van der Waals surface area contributed by atoms with E-state index < -0.39 is 26.7 Å². The van der Waals surface area contributed by atoms with Gasteiger partial charge in [-0.15, -0.1) is 0 Å². The first-order valence-electron chi connectivity index (χ1n) is 8.84. The molecule has 0 atom stereocenters. The van der Waals surface area contributed by atoms with E-state index in [0.717, 1.165) is 22.5 Å². The second-order valence-corrected chi connectivity index (χ2v) is 9.49. The molecule has 1 aliphatic heterocycles. The zero-order valence-corrected chi connectivity index (χ0v) is 17.2. The van der Waals surface area contributed by atoms with Gasteiger partial charge in [0, 0.05) is 30.7 Å². The number of halogens is 3. The third kappa shape index (κ3) is 6.72. The summed E-state index contributed by atoms with van der Waals surface area (Å²) >= 11 is 0. The highest BCUT2D eigenvalue weighted by Crippen LogP contribution is 2.31. The van der Waals surface area contributed by atoms with Gasteiger partial charge >= 0.3 is 6.18 Å². The summed E-state index contributed by atoms with van der Waals surface area (Å²) in [5.41, 5.74) is 1.79. The molecule has 0 radical (unpaired) electrons. The molecule has 2 rings (SSSR count). The average molecular weight is 435 g/mol. The van der Waals surface area contributed by atoms with Crippen LogP contribution in [0.5, 0.6) is 0 Å². The largest absolute Gasteiger partial charge is 0.416 e. The Morgan fingerprint density at radius 1 is 1.24 bits per heavy atom. The maximum atomic E-state index is 12.8. The minimum Gasteiger partial charge on any atom is -0.349 e. The zero-order valence-electron chi connectivity index (χ0n) is 16.3. The lowest BCUT2D eigenvalue weighted by Crippen LogP contribution is -2.43. The summed E-state index contributed by atoms with van der Waals surface area (Å²) in [6.07, 6.45) is -2.81. The van der Waals surface area contributed by atoms with Crippen LogP contribution in [0.15, 0.2) is 40.9 Å². The molecule has 0 aromatic heterocycles. The van der Waals surface area contributed by atoms with Crippen LogP contribution in [0.25, 0.3) is 0 Å². The maximum Gasteiger partial charge on any atom is 0.416 e. The molecule has 29 heavy (non-hydrogen) atoms. The van der Waals surface area contributed by atoms with E-state index in [-0.39, 0.29) is 37.6 Å². The molecule has 7 nitrogen and oxygen atoms in total. The highest BCUT2D eigenvalue weighted by molar-refractivity contribution is 7.89. The van der Waals surface area contributed by atoms with Crippen LogP contribution in [0.1, 0.15) is 32.8 Å². The first-order valence-corrected chi connectivity index (χ1v) is 10.3. The summed E-state index contributed by atoms with van der Waals surface area (Å²) < 4.78 is 64.9. The molecule has 11 heteroatoms. The Morgan fingerprint density at radius 2 is 1.93 bits per heavy atom. The van der Waals surface area contributed by atoms with Crippen molar-refractivity contribution in [3.05, 3.63) is 41.6 Å². The second kappa shape index (κ2) is 8.72. The second-order valence-electron chi connectivity index (χ2n) is 7.56. The molecule has 1 aliphatic rings. The number of hydrogen-bond donors (Lipinski definition) is 2. The Kier molecular flexibility index (Phi) is 6.97. The van der Waals surface area contributed by atoms with Crippen LogP contribution in [0.3, 0.4) is 0 Å². The number of hydroxylamine groups is 1. The van der Waals surface area contributed by atoms with E-state index in [2.05, 4.69) is 10.8 Å². The lowest BCUT2D eigenvalue weighted by molar-refractivity contribution is -0.137. The van der Waals surface area contributed by atoms with E-state index in [0.29, 0.717) is 11.8 Å². The van der Waals surface area contributed by atoms with Crippen LogP contribution in [-0.4, -0.2) is 43.9 Å². The third-order valence-corrected chi connectivity index (χ3v) is 5.75. The quantitative estimate of drug-likeness (QED) is 0.670. The van der Waals surface area contributed by atoms with Crippen LogP contribution in [0.2, 0.25) is 0 Å². The standard InChI is InChI=1S/C18H24F3N3O4S/c1-17(2,3)22-16(25)12-28-23-14-7-9-24(10-8-14)29(26,27)15-6-4-5-13(11-15)18(19,20)21/h4-7,11,23H,8-10,12H2,1-3H3,(H,22,25). The number of alkyl halides is 3. The van der Waals surface area contributed by atoms with E-state index in [1.54, 1.807) is 6.08 Å². The molecule has 0 spiro atoms. The monoisotopic (exact) mass is 435 g/mol. The van der Waals surface area contributed by atoms with E-state index in [9.17, 15) is 26.4 Å². The van der Waals surface area contributed by atoms with Gasteiger partial charge in [-0.2, -0.15) is 17.5 Å². The molecule has 1 heterocycles. The van der Waals surface area contributed by atoms with Crippen molar-refractivity contribution in [2.24, 2.45) is 0 Å². The van der Waals surface area contributed by atoms with E-state index in [1.807, 2.05) is 20.8 Å². The number of nitrogens with one attached hydrogen (secondary N) is 2. The number of carbonyl (C=O) groups excluding carboxylic acids is 1. The smallest absolute Gasteiger partial charge is 0.349 e. The Bertz CT molecular complexity index is 877. The van der Waals surface area contributed by atoms with Gasteiger partial charge in [0.2, 0.25) is 15.9 Å².